The number of hydrogen-bond acceptors (Lipinski definition) is 4. The van der Waals surface area contributed by atoms with Gasteiger partial charge in [-0.05, 0) is 42.5 Å². The molecule has 0 radical (unpaired) electrons. The molecule has 1 heterocycles. The molecule has 0 saturated carbocycles. The first kappa shape index (κ1) is 17.2. The molecule has 1 fully saturated rings. The summed E-state index contributed by atoms with van der Waals surface area (Å²) in [5.41, 5.74) is 1.95. The lowest BCUT2D eigenvalue weighted by molar-refractivity contribution is 0.104. The topological polar surface area (TPSA) is 55.8 Å². The van der Waals surface area contributed by atoms with Gasteiger partial charge in [-0.3, -0.25) is 9.69 Å². The SMILES string of the molecule is COc1ccc(Br)cc1C=CC(=O)c1cccc(N2CCOC2=O)c1. The fraction of sp³-hybridized carbons (Fsp3) is 0.158. The molecule has 1 aliphatic rings. The van der Waals surface area contributed by atoms with Crippen molar-refractivity contribution in [2.24, 2.45) is 0 Å². The highest BCUT2D eigenvalue weighted by atomic mass is 79.9. The summed E-state index contributed by atoms with van der Waals surface area (Å²) in [5, 5.41) is 0. The van der Waals surface area contributed by atoms with Crippen LogP contribution in [0.1, 0.15) is 15.9 Å². The van der Waals surface area contributed by atoms with Gasteiger partial charge in [-0.1, -0.05) is 28.1 Å². The number of amides is 1. The lowest BCUT2D eigenvalue weighted by Crippen LogP contribution is -2.23. The van der Waals surface area contributed by atoms with Crippen molar-refractivity contribution in [3.8, 4) is 5.75 Å². The molecular weight excluding hydrogens is 386 g/mol. The number of nitrogens with zero attached hydrogens (tertiary/aromatic N) is 1. The van der Waals surface area contributed by atoms with E-state index in [1.165, 1.54) is 11.0 Å². The molecular formula is C19H16BrNO4. The summed E-state index contributed by atoms with van der Waals surface area (Å²) in [6, 6.07) is 12.5. The second kappa shape index (κ2) is 7.53. The summed E-state index contributed by atoms with van der Waals surface area (Å²) in [7, 11) is 1.58. The quantitative estimate of drug-likeness (QED) is 0.553. The zero-order valence-corrected chi connectivity index (χ0v) is 15.2. The van der Waals surface area contributed by atoms with E-state index in [4.69, 9.17) is 9.47 Å². The summed E-state index contributed by atoms with van der Waals surface area (Å²) in [4.78, 5) is 25.6. The second-order valence-corrected chi connectivity index (χ2v) is 6.32. The molecule has 0 aliphatic carbocycles. The number of carbonyl (C=O) groups is 2. The van der Waals surface area contributed by atoms with Gasteiger partial charge in [-0.2, -0.15) is 0 Å². The van der Waals surface area contributed by atoms with E-state index in [0.29, 0.717) is 30.2 Å². The van der Waals surface area contributed by atoms with Gasteiger partial charge in [0.25, 0.3) is 0 Å². The van der Waals surface area contributed by atoms with Crippen LogP contribution in [0.15, 0.2) is 53.0 Å². The fourth-order valence-electron chi connectivity index (χ4n) is 2.55. The van der Waals surface area contributed by atoms with E-state index in [1.54, 1.807) is 37.5 Å². The number of hydrogen-bond donors (Lipinski definition) is 0. The molecule has 1 saturated heterocycles. The van der Waals surface area contributed by atoms with Crippen LogP contribution in [0.3, 0.4) is 0 Å². The zero-order valence-electron chi connectivity index (χ0n) is 13.6. The van der Waals surface area contributed by atoms with Crippen LogP contribution in [-0.2, 0) is 4.74 Å². The molecule has 128 valence electrons. The van der Waals surface area contributed by atoms with Gasteiger partial charge in [0.2, 0.25) is 0 Å². The van der Waals surface area contributed by atoms with Crippen LogP contribution in [0.25, 0.3) is 6.08 Å². The van der Waals surface area contributed by atoms with E-state index in [2.05, 4.69) is 15.9 Å². The minimum Gasteiger partial charge on any atom is -0.496 e. The van der Waals surface area contributed by atoms with Crippen molar-refractivity contribution >= 4 is 39.6 Å². The minimum atomic E-state index is -0.390. The number of cyclic esters (lactones) is 1. The van der Waals surface area contributed by atoms with Crippen molar-refractivity contribution in [1.82, 2.24) is 0 Å². The van der Waals surface area contributed by atoms with Crippen LogP contribution < -0.4 is 9.64 Å². The van der Waals surface area contributed by atoms with Crippen molar-refractivity contribution in [2.75, 3.05) is 25.2 Å². The molecule has 1 amide bonds. The van der Waals surface area contributed by atoms with E-state index in [0.717, 1.165) is 10.0 Å². The average Bonchev–Trinajstić information content (AvgIpc) is 3.06. The smallest absolute Gasteiger partial charge is 0.414 e. The number of rotatable bonds is 5. The summed E-state index contributed by atoms with van der Waals surface area (Å²) >= 11 is 3.41. The molecule has 0 unspecified atom stereocenters. The van der Waals surface area contributed by atoms with E-state index >= 15 is 0 Å². The van der Waals surface area contributed by atoms with Crippen LogP contribution in [0.2, 0.25) is 0 Å². The molecule has 0 bridgehead atoms. The molecule has 2 aromatic rings. The maximum atomic E-state index is 12.5. The largest absolute Gasteiger partial charge is 0.496 e. The second-order valence-electron chi connectivity index (χ2n) is 5.40. The Kier molecular flexibility index (Phi) is 5.19. The molecule has 2 aromatic carbocycles. The average molecular weight is 402 g/mol. The fourth-order valence-corrected chi connectivity index (χ4v) is 2.93. The summed E-state index contributed by atoms with van der Waals surface area (Å²) in [5.74, 6) is 0.525. The van der Waals surface area contributed by atoms with E-state index in [-0.39, 0.29) is 11.9 Å². The van der Waals surface area contributed by atoms with Crippen LogP contribution in [0.4, 0.5) is 10.5 Å². The van der Waals surface area contributed by atoms with Crippen LogP contribution in [0.5, 0.6) is 5.75 Å². The molecule has 0 N–H and O–H groups in total. The number of ketones is 1. The van der Waals surface area contributed by atoms with Crippen molar-refractivity contribution in [1.29, 1.82) is 0 Å². The molecule has 6 heteroatoms. The summed E-state index contributed by atoms with van der Waals surface area (Å²) in [6.07, 6.45) is 2.81. The Morgan fingerprint density at radius 1 is 1.28 bits per heavy atom. The van der Waals surface area contributed by atoms with Gasteiger partial charge < -0.3 is 9.47 Å². The number of ether oxygens (including phenoxy) is 2. The first-order chi connectivity index (χ1) is 12.1. The van der Waals surface area contributed by atoms with Crippen molar-refractivity contribution < 1.29 is 19.1 Å². The number of carbonyl (C=O) groups excluding carboxylic acids is 2. The minimum absolute atomic E-state index is 0.156. The Labute approximate surface area is 154 Å². The lowest BCUT2D eigenvalue weighted by Gasteiger charge is -2.13. The van der Waals surface area contributed by atoms with Crippen LogP contribution >= 0.6 is 15.9 Å². The predicted molar refractivity (Wildman–Crippen MR) is 99.2 cm³/mol. The highest BCUT2D eigenvalue weighted by Crippen LogP contribution is 2.25. The Hall–Kier alpha value is -2.60. The van der Waals surface area contributed by atoms with Crippen molar-refractivity contribution in [2.45, 2.75) is 0 Å². The highest BCUT2D eigenvalue weighted by molar-refractivity contribution is 9.10. The van der Waals surface area contributed by atoms with Crippen molar-refractivity contribution in [3.63, 3.8) is 0 Å². The van der Waals surface area contributed by atoms with Gasteiger partial charge in [0, 0.05) is 21.3 Å². The molecule has 3 rings (SSSR count). The number of halogens is 1. The number of anilines is 1. The van der Waals surface area contributed by atoms with Gasteiger partial charge in [0.1, 0.15) is 12.4 Å². The Morgan fingerprint density at radius 3 is 2.84 bits per heavy atom. The first-order valence-corrected chi connectivity index (χ1v) is 8.48. The van der Waals surface area contributed by atoms with Crippen LogP contribution in [-0.4, -0.2) is 32.1 Å². The third-order valence-electron chi connectivity index (χ3n) is 3.81. The zero-order chi connectivity index (χ0) is 17.8. The Morgan fingerprint density at radius 2 is 2.12 bits per heavy atom. The van der Waals surface area contributed by atoms with Gasteiger partial charge in [-0.15, -0.1) is 0 Å². The number of allylic oxidation sites excluding steroid dienone is 1. The lowest BCUT2D eigenvalue weighted by atomic mass is 10.1. The monoisotopic (exact) mass is 401 g/mol. The third-order valence-corrected chi connectivity index (χ3v) is 4.30. The highest BCUT2D eigenvalue weighted by Gasteiger charge is 2.23. The van der Waals surface area contributed by atoms with Crippen LogP contribution in [0, 0.1) is 0 Å². The molecule has 5 nitrogen and oxygen atoms in total. The van der Waals surface area contributed by atoms with Crippen molar-refractivity contribution in [3.05, 3.63) is 64.1 Å². The Balaban J connectivity index is 1.82. The standard InChI is InChI=1S/C19H16BrNO4/c1-24-18-8-6-15(20)11-14(18)5-7-17(22)13-3-2-4-16(12-13)21-9-10-25-19(21)23/h2-8,11-12H,9-10H2,1H3. The number of benzene rings is 2. The maximum absolute atomic E-state index is 12.5. The molecule has 0 spiro atoms. The van der Waals surface area contributed by atoms with Gasteiger partial charge in [-0.25, -0.2) is 4.79 Å². The maximum Gasteiger partial charge on any atom is 0.414 e. The third kappa shape index (κ3) is 3.91. The summed E-state index contributed by atoms with van der Waals surface area (Å²) < 4.78 is 11.1. The van der Waals surface area contributed by atoms with Gasteiger partial charge in [0.05, 0.1) is 13.7 Å². The summed E-state index contributed by atoms with van der Waals surface area (Å²) in [6.45, 7) is 0.848. The van der Waals surface area contributed by atoms with E-state index in [9.17, 15) is 9.59 Å². The normalized spacial score (nSPS) is 14.0. The van der Waals surface area contributed by atoms with Gasteiger partial charge >= 0.3 is 6.09 Å². The molecule has 0 aromatic heterocycles. The van der Waals surface area contributed by atoms with E-state index in [1.807, 2.05) is 18.2 Å². The molecule has 1 aliphatic heterocycles. The first-order valence-electron chi connectivity index (χ1n) is 7.69. The van der Waals surface area contributed by atoms with Gasteiger partial charge in [0.15, 0.2) is 5.78 Å². The molecule has 0 atom stereocenters. The molecule has 25 heavy (non-hydrogen) atoms. The predicted octanol–water partition coefficient (Wildman–Crippen LogP) is 4.31. The van der Waals surface area contributed by atoms with E-state index < -0.39 is 0 Å². The number of methoxy groups -OCH3 is 1. The Bertz CT molecular complexity index is 847.